The van der Waals surface area contributed by atoms with Crippen LogP contribution in [0.4, 0.5) is 11.4 Å². The Balaban J connectivity index is 2.48. The molecule has 5 heteroatoms. The first kappa shape index (κ1) is 13.0. The molecule has 0 amide bonds. The van der Waals surface area contributed by atoms with Gasteiger partial charge in [-0.2, -0.15) is 0 Å². The fourth-order valence-corrected chi connectivity index (χ4v) is 2.21. The van der Waals surface area contributed by atoms with Gasteiger partial charge < -0.3 is 10.6 Å². The predicted octanol–water partition coefficient (Wildman–Crippen LogP) is 3.25. The highest BCUT2D eigenvalue weighted by atomic mass is 79.9. The zero-order chi connectivity index (χ0) is 13.1. The summed E-state index contributed by atoms with van der Waals surface area (Å²) in [5.41, 5.74) is 8.55. The number of anilines is 2. The van der Waals surface area contributed by atoms with Crippen molar-refractivity contribution in [2.75, 3.05) is 11.9 Å². The maximum atomic E-state index is 5.77. The Kier molecular flexibility index (Phi) is 3.93. The van der Waals surface area contributed by atoms with Crippen LogP contribution in [0.5, 0.6) is 0 Å². The van der Waals surface area contributed by atoms with E-state index in [1.165, 1.54) is 0 Å². The van der Waals surface area contributed by atoms with Gasteiger partial charge in [-0.3, -0.25) is 4.98 Å². The van der Waals surface area contributed by atoms with E-state index in [0.29, 0.717) is 4.99 Å². The van der Waals surface area contributed by atoms with Gasteiger partial charge in [0.25, 0.3) is 0 Å². The summed E-state index contributed by atoms with van der Waals surface area (Å²) in [5.74, 6) is 0. The molecule has 0 aliphatic carbocycles. The van der Waals surface area contributed by atoms with Crippen LogP contribution in [0.1, 0.15) is 5.56 Å². The van der Waals surface area contributed by atoms with Crippen LogP contribution in [0, 0.1) is 0 Å². The Labute approximate surface area is 120 Å². The fraction of sp³-hybridized carbons (Fsp3) is 0.0769. The SMILES string of the molecule is CN(c1cccnc1)c1ccc(Br)cc1C(N)=S. The average Bonchev–Trinajstić information content (AvgIpc) is 2.39. The van der Waals surface area contributed by atoms with Crippen molar-refractivity contribution in [3.8, 4) is 0 Å². The van der Waals surface area contributed by atoms with Crippen molar-refractivity contribution < 1.29 is 0 Å². The predicted molar refractivity (Wildman–Crippen MR) is 82.3 cm³/mol. The lowest BCUT2D eigenvalue weighted by atomic mass is 10.1. The Bertz CT molecular complexity index is 572. The summed E-state index contributed by atoms with van der Waals surface area (Å²) in [5, 5.41) is 0. The summed E-state index contributed by atoms with van der Waals surface area (Å²) in [6, 6.07) is 9.74. The van der Waals surface area contributed by atoms with Crippen molar-refractivity contribution in [2.45, 2.75) is 0 Å². The Hall–Kier alpha value is -1.46. The molecular formula is C13H12BrN3S. The summed E-state index contributed by atoms with van der Waals surface area (Å²) in [4.78, 5) is 6.49. The van der Waals surface area contributed by atoms with E-state index in [1.807, 2.05) is 42.3 Å². The number of rotatable bonds is 3. The Morgan fingerprint density at radius 1 is 1.39 bits per heavy atom. The third kappa shape index (κ3) is 2.68. The molecule has 2 rings (SSSR count). The van der Waals surface area contributed by atoms with Crippen LogP contribution in [-0.2, 0) is 0 Å². The van der Waals surface area contributed by atoms with Crippen molar-refractivity contribution in [3.63, 3.8) is 0 Å². The van der Waals surface area contributed by atoms with Gasteiger partial charge in [0, 0.05) is 23.3 Å². The molecule has 92 valence electrons. The first-order valence-corrected chi connectivity index (χ1v) is 6.53. The Morgan fingerprint density at radius 3 is 2.78 bits per heavy atom. The first-order valence-electron chi connectivity index (χ1n) is 5.32. The van der Waals surface area contributed by atoms with E-state index in [2.05, 4.69) is 20.9 Å². The van der Waals surface area contributed by atoms with Crippen LogP contribution in [0.3, 0.4) is 0 Å². The Morgan fingerprint density at radius 2 is 2.17 bits per heavy atom. The number of nitrogens with zero attached hydrogens (tertiary/aromatic N) is 2. The molecule has 0 unspecified atom stereocenters. The zero-order valence-electron chi connectivity index (χ0n) is 9.80. The summed E-state index contributed by atoms with van der Waals surface area (Å²) in [6.07, 6.45) is 3.54. The molecule has 18 heavy (non-hydrogen) atoms. The minimum absolute atomic E-state index is 0.377. The van der Waals surface area contributed by atoms with Gasteiger partial charge in [0.1, 0.15) is 4.99 Å². The normalized spacial score (nSPS) is 10.1. The van der Waals surface area contributed by atoms with Crippen molar-refractivity contribution in [3.05, 3.63) is 52.8 Å². The van der Waals surface area contributed by atoms with Crippen LogP contribution < -0.4 is 10.6 Å². The molecule has 1 aromatic carbocycles. The lowest BCUT2D eigenvalue weighted by Crippen LogP contribution is -2.17. The quantitative estimate of drug-likeness (QED) is 0.881. The molecule has 1 aromatic heterocycles. The highest BCUT2D eigenvalue weighted by Gasteiger charge is 2.11. The third-order valence-electron chi connectivity index (χ3n) is 2.62. The molecule has 0 aliphatic heterocycles. The molecule has 0 aliphatic rings. The van der Waals surface area contributed by atoms with Crippen LogP contribution in [-0.4, -0.2) is 17.0 Å². The number of hydrogen-bond donors (Lipinski definition) is 1. The number of pyridine rings is 1. The molecule has 0 radical (unpaired) electrons. The van der Waals surface area contributed by atoms with Crippen molar-refractivity contribution >= 4 is 44.5 Å². The summed E-state index contributed by atoms with van der Waals surface area (Å²) in [7, 11) is 1.96. The van der Waals surface area contributed by atoms with Gasteiger partial charge in [-0.25, -0.2) is 0 Å². The number of halogens is 1. The summed E-state index contributed by atoms with van der Waals surface area (Å²) >= 11 is 8.52. The molecular weight excluding hydrogens is 310 g/mol. The standard InChI is InChI=1S/C13H12BrN3S/c1-17(10-3-2-6-16-8-10)12-5-4-9(14)7-11(12)13(15)18/h2-8H,1H3,(H2,15,18). The maximum absolute atomic E-state index is 5.77. The van der Waals surface area contributed by atoms with E-state index in [4.69, 9.17) is 18.0 Å². The first-order chi connectivity index (χ1) is 8.59. The molecule has 2 aromatic rings. The van der Waals surface area contributed by atoms with Gasteiger partial charge in [0.05, 0.1) is 17.6 Å². The van der Waals surface area contributed by atoms with Gasteiger partial charge in [-0.1, -0.05) is 28.1 Å². The van der Waals surface area contributed by atoms with E-state index in [0.717, 1.165) is 21.4 Å². The topological polar surface area (TPSA) is 42.2 Å². The van der Waals surface area contributed by atoms with Crippen molar-refractivity contribution in [2.24, 2.45) is 5.73 Å². The molecule has 2 N–H and O–H groups in total. The van der Waals surface area contributed by atoms with Gasteiger partial charge >= 0.3 is 0 Å². The lowest BCUT2D eigenvalue weighted by molar-refractivity contribution is 1.17. The van der Waals surface area contributed by atoms with Crippen molar-refractivity contribution in [1.82, 2.24) is 4.98 Å². The number of aromatic nitrogens is 1. The minimum atomic E-state index is 0.377. The van der Waals surface area contributed by atoms with Gasteiger partial charge in [-0.15, -0.1) is 0 Å². The number of hydrogen-bond acceptors (Lipinski definition) is 3. The average molecular weight is 322 g/mol. The molecule has 0 fully saturated rings. The second kappa shape index (κ2) is 5.46. The maximum Gasteiger partial charge on any atom is 0.106 e. The molecule has 1 heterocycles. The van der Waals surface area contributed by atoms with Crippen molar-refractivity contribution in [1.29, 1.82) is 0 Å². The summed E-state index contributed by atoms with van der Waals surface area (Å²) < 4.78 is 0.952. The van der Waals surface area contributed by atoms with E-state index in [-0.39, 0.29) is 0 Å². The van der Waals surface area contributed by atoms with E-state index < -0.39 is 0 Å². The van der Waals surface area contributed by atoms with E-state index >= 15 is 0 Å². The van der Waals surface area contributed by atoms with Gasteiger partial charge in [0.15, 0.2) is 0 Å². The monoisotopic (exact) mass is 321 g/mol. The van der Waals surface area contributed by atoms with Crippen LogP contribution in [0.15, 0.2) is 47.2 Å². The molecule has 3 nitrogen and oxygen atoms in total. The van der Waals surface area contributed by atoms with Crippen LogP contribution in [0.2, 0.25) is 0 Å². The van der Waals surface area contributed by atoms with Gasteiger partial charge in [-0.05, 0) is 30.3 Å². The highest BCUT2D eigenvalue weighted by Crippen LogP contribution is 2.28. The molecule has 0 atom stereocenters. The van der Waals surface area contributed by atoms with Gasteiger partial charge in [0.2, 0.25) is 0 Å². The second-order valence-corrected chi connectivity index (χ2v) is 5.15. The second-order valence-electron chi connectivity index (χ2n) is 3.80. The van der Waals surface area contributed by atoms with E-state index in [9.17, 15) is 0 Å². The smallest absolute Gasteiger partial charge is 0.106 e. The number of thiocarbonyl (C=S) groups is 1. The largest absolute Gasteiger partial charge is 0.389 e. The van der Waals surface area contributed by atoms with Crippen LogP contribution >= 0.6 is 28.1 Å². The molecule has 0 saturated heterocycles. The minimum Gasteiger partial charge on any atom is -0.389 e. The fourth-order valence-electron chi connectivity index (χ4n) is 1.69. The summed E-state index contributed by atoms with van der Waals surface area (Å²) in [6.45, 7) is 0. The molecule has 0 bridgehead atoms. The number of benzene rings is 1. The van der Waals surface area contributed by atoms with Crippen LogP contribution in [0.25, 0.3) is 0 Å². The highest BCUT2D eigenvalue weighted by molar-refractivity contribution is 9.10. The number of nitrogens with two attached hydrogens (primary N) is 1. The van der Waals surface area contributed by atoms with E-state index in [1.54, 1.807) is 12.4 Å². The third-order valence-corrected chi connectivity index (χ3v) is 3.33. The molecule has 0 spiro atoms. The molecule has 0 saturated carbocycles. The lowest BCUT2D eigenvalue weighted by Gasteiger charge is -2.22. The zero-order valence-corrected chi connectivity index (χ0v) is 12.2.